The van der Waals surface area contributed by atoms with Crippen molar-refractivity contribution in [3.8, 4) is 40.0 Å². The Morgan fingerprint density at radius 2 is 1.69 bits per heavy atom. The lowest BCUT2D eigenvalue weighted by Crippen LogP contribution is -1.84. The highest BCUT2D eigenvalue weighted by Crippen LogP contribution is 2.26. The maximum atomic E-state index is 5.39. The first-order valence-corrected chi connectivity index (χ1v) is 8.25. The van der Waals surface area contributed by atoms with Crippen LogP contribution in [0.4, 0.5) is 0 Å². The molecule has 130 valence electrons. The molecule has 2 aromatic carbocycles. The summed E-state index contributed by atoms with van der Waals surface area (Å²) in [5.41, 5.74) is 5.91. The van der Waals surface area contributed by atoms with E-state index >= 15 is 0 Å². The molecule has 6 nitrogen and oxygen atoms in total. The molecule has 0 amide bonds. The van der Waals surface area contributed by atoms with Gasteiger partial charge in [-0.2, -0.15) is 10.1 Å². The van der Waals surface area contributed by atoms with Gasteiger partial charge in [0, 0.05) is 11.1 Å². The normalized spacial score (nSPS) is 10.9. The number of hydrogen-bond donors (Lipinski definition) is 1. The molecule has 0 bridgehead atoms. The number of methoxy groups -OCH3 is 1. The Balaban J connectivity index is 1.61. The molecule has 0 aliphatic carbocycles. The molecule has 26 heavy (non-hydrogen) atoms. The molecule has 0 saturated heterocycles. The van der Waals surface area contributed by atoms with E-state index in [9.17, 15) is 0 Å². The van der Waals surface area contributed by atoms with Crippen molar-refractivity contribution in [1.82, 2.24) is 20.3 Å². The van der Waals surface area contributed by atoms with E-state index in [1.54, 1.807) is 7.11 Å². The lowest BCUT2D eigenvalue weighted by Gasteiger charge is -2.01. The van der Waals surface area contributed by atoms with Crippen LogP contribution in [0.1, 0.15) is 11.1 Å². The number of hydrogen-bond acceptors (Lipinski definition) is 5. The first-order valence-electron chi connectivity index (χ1n) is 8.25. The second-order valence-corrected chi connectivity index (χ2v) is 6.12. The van der Waals surface area contributed by atoms with Gasteiger partial charge in [-0.3, -0.25) is 5.10 Å². The van der Waals surface area contributed by atoms with E-state index in [-0.39, 0.29) is 0 Å². The van der Waals surface area contributed by atoms with Gasteiger partial charge in [0.1, 0.15) is 11.4 Å². The van der Waals surface area contributed by atoms with Gasteiger partial charge in [0.2, 0.25) is 5.82 Å². The Labute approximate surface area is 150 Å². The van der Waals surface area contributed by atoms with Crippen molar-refractivity contribution < 1.29 is 9.26 Å². The fourth-order valence-corrected chi connectivity index (χ4v) is 2.67. The quantitative estimate of drug-likeness (QED) is 0.592. The van der Waals surface area contributed by atoms with Crippen molar-refractivity contribution in [2.24, 2.45) is 0 Å². The molecule has 0 spiro atoms. The third kappa shape index (κ3) is 2.97. The molecule has 0 fully saturated rings. The topological polar surface area (TPSA) is 76.8 Å². The number of H-pyrrole nitrogens is 1. The van der Waals surface area contributed by atoms with Gasteiger partial charge in [0.05, 0.1) is 12.8 Å². The molecule has 0 atom stereocenters. The molecule has 6 heteroatoms. The second-order valence-electron chi connectivity index (χ2n) is 6.12. The molecule has 0 radical (unpaired) electrons. The zero-order chi connectivity index (χ0) is 18.1. The third-order valence-corrected chi connectivity index (χ3v) is 4.39. The van der Waals surface area contributed by atoms with E-state index in [2.05, 4.69) is 52.4 Å². The number of aromatic amines is 1. The molecule has 4 rings (SSSR count). The minimum absolute atomic E-state index is 0.401. The monoisotopic (exact) mass is 346 g/mol. The SMILES string of the molecule is COc1ccc(-c2noc(-c3cc(-c4ccc(C)c(C)c4)n[nH]3)n2)cc1. The molecule has 0 aliphatic rings. The van der Waals surface area contributed by atoms with Crippen LogP contribution in [0, 0.1) is 13.8 Å². The second kappa shape index (κ2) is 6.48. The van der Waals surface area contributed by atoms with Crippen LogP contribution in [0.5, 0.6) is 5.75 Å². The van der Waals surface area contributed by atoms with Crippen molar-refractivity contribution in [3.63, 3.8) is 0 Å². The minimum atomic E-state index is 0.401. The summed E-state index contributed by atoms with van der Waals surface area (Å²) in [6.07, 6.45) is 0. The van der Waals surface area contributed by atoms with E-state index in [1.165, 1.54) is 11.1 Å². The predicted octanol–water partition coefficient (Wildman–Crippen LogP) is 4.42. The highest BCUT2D eigenvalue weighted by Gasteiger charge is 2.14. The van der Waals surface area contributed by atoms with Crippen LogP contribution < -0.4 is 4.74 Å². The Morgan fingerprint density at radius 3 is 2.42 bits per heavy atom. The van der Waals surface area contributed by atoms with Gasteiger partial charge in [-0.05, 0) is 61.4 Å². The molecule has 4 aromatic rings. The van der Waals surface area contributed by atoms with Crippen LogP contribution in [-0.2, 0) is 0 Å². The van der Waals surface area contributed by atoms with Crippen LogP contribution >= 0.6 is 0 Å². The summed E-state index contributed by atoms with van der Waals surface area (Å²) in [6.45, 7) is 4.18. The lowest BCUT2D eigenvalue weighted by molar-refractivity contribution is 0.414. The third-order valence-electron chi connectivity index (χ3n) is 4.39. The average Bonchev–Trinajstić information content (AvgIpc) is 3.33. The molecule has 2 aromatic heterocycles. The molecular formula is C20H18N4O2. The number of aromatic nitrogens is 4. The fraction of sp³-hybridized carbons (Fsp3) is 0.150. The van der Waals surface area contributed by atoms with Crippen LogP contribution in [0.2, 0.25) is 0 Å². The number of benzene rings is 2. The number of aryl methyl sites for hydroxylation is 2. The van der Waals surface area contributed by atoms with E-state index in [0.29, 0.717) is 17.4 Å². The van der Waals surface area contributed by atoms with Crippen LogP contribution in [0.3, 0.4) is 0 Å². The Kier molecular flexibility index (Phi) is 4.01. The maximum absolute atomic E-state index is 5.39. The molecule has 0 aliphatic heterocycles. The fourth-order valence-electron chi connectivity index (χ4n) is 2.67. The number of nitrogens with one attached hydrogen (secondary N) is 1. The van der Waals surface area contributed by atoms with Crippen molar-refractivity contribution in [2.45, 2.75) is 13.8 Å². The van der Waals surface area contributed by atoms with Crippen LogP contribution in [0.25, 0.3) is 34.2 Å². The Bertz CT molecular complexity index is 1050. The zero-order valence-electron chi connectivity index (χ0n) is 14.8. The first-order chi connectivity index (χ1) is 12.6. The Morgan fingerprint density at radius 1 is 0.923 bits per heavy atom. The van der Waals surface area contributed by atoms with Gasteiger partial charge in [0.15, 0.2) is 0 Å². The summed E-state index contributed by atoms with van der Waals surface area (Å²) in [6, 6.07) is 15.7. The van der Waals surface area contributed by atoms with Gasteiger partial charge in [-0.25, -0.2) is 0 Å². The first kappa shape index (κ1) is 16.1. The summed E-state index contributed by atoms with van der Waals surface area (Å²) in [5.74, 6) is 1.70. The Hall–Kier alpha value is -3.41. The highest BCUT2D eigenvalue weighted by atomic mass is 16.5. The minimum Gasteiger partial charge on any atom is -0.497 e. The molecule has 0 saturated carbocycles. The zero-order valence-corrected chi connectivity index (χ0v) is 14.8. The van der Waals surface area contributed by atoms with Crippen molar-refractivity contribution in [2.75, 3.05) is 7.11 Å². The number of ether oxygens (including phenoxy) is 1. The van der Waals surface area contributed by atoms with E-state index in [0.717, 1.165) is 22.6 Å². The summed E-state index contributed by atoms with van der Waals surface area (Å²) in [7, 11) is 1.63. The number of rotatable bonds is 4. The number of nitrogens with zero attached hydrogens (tertiary/aromatic N) is 3. The van der Waals surface area contributed by atoms with E-state index in [4.69, 9.17) is 9.26 Å². The molecular weight excluding hydrogens is 328 g/mol. The lowest BCUT2D eigenvalue weighted by atomic mass is 10.0. The standard InChI is InChI=1S/C20H18N4O2/c1-12-4-5-15(10-13(12)2)17-11-18(23-22-17)20-21-19(24-26-20)14-6-8-16(25-3)9-7-14/h4-11H,1-3H3,(H,22,23). The van der Waals surface area contributed by atoms with Crippen molar-refractivity contribution >= 4 is 0 Å². The van der Waals surface area contributed by atoms with Crippen molar-refractivity contribution in [3.05, 3.63) is 59.7 Å². The maximum Gasteiger partial charge on any atom is 0.276 e. The highest BCUT2D eigenvalue weighted by molar-refractivity contribution is 5.66. The van der Waals surface area contributed by atoms with Gasteiger partial charge in [-0.15, -0.1) is 0 Å². The molecule has 1 N–H and O–H groups in total. The van der Waals surface area contributed by atoms with Crippen LogP contribution in [-0.4, -0.2) is 27.4 Å². The predicted molar refractivity (Wildman–Crippen MR) is 98.8 cm³/mol. The van der Waals surface area contributed by atoms with Gasteiger partial charge in [-0.1, -0.05) is 17.3 Å². The summed E-state index contributed by atoms with van der Waals surface area (Å²) in [4.78, 5) is 4.46. The van der Waals surface area contributed by atoms with Gasteiger partial charge in [0.25, 0.3) is 5.89 Å². The summed E-state index contributed by atoms with van der Waals surface area (Å²) < 4.78 is 10.6. The largest absolute Gasteiger partial charge is 0.497 e. The van der Waals surface area contributed by atoms with Gasteiger partial charge >= 0.3 is 0 Å². The summed E-state index contributed by atoms with van der Waals surface area (Å²) >= 11 is 0. The van der Waals surface area contributed by atoms with Crippen LogP contribution in [0.15, 0.2) is 53.1 Å². The molecule has 2 heterocycles. The summed E-state index contributed by atoms with van der Waals surface area (Å²) in [5, 5.41) is 11.4. The van der Waals surface area contributed by atoms with Crippen molar-refractivity contribution in [1.29, 1.82) is 0 Å². The smallest absolute Gasteiger partial charge is 0.276 e. The van der Waals surface area contributed by atoms with Gasteiger partial charge < -0.3 is 9.26 Å². The average molecular weight is 346 g/mol. The van der Waals surface area contributed by atoms with E-state index in [1.807, 2.05) is 30.3 Å². The van der Waals surface area contributed by atoms with E-state index < -0.39 is 0 Å². The molecule has 0 unspecified atom stereocenters.